The lowest BCUT2D eigenvalue weighted by Crippen LogP contribution is -2.51. The van der Waals surface area contributed by atoms with Crippen LogP contribution in [0.25, 0.3) is 0 Å². The minimum atomic E-state index is -4.83. The van der Waals surface area contributed by atoms with Gasteiger partial charge in [0.2, 0.25) is 21.8 Å². The molecule has 12 heteroatoms. The lowest BCUT2D eigenvalue weighted by Gasteiger charge is -2.31. The van der Waals surface area contributed by atoms with Crippen LogP contribution in [-0.4, -0.2) is 50.5 Å². The first-order chi connectivity index (χ1) is 16.6. The van der Waals surface area contributed by atoms with Crippen LogP contribution < -0.4 is 9.62 Å². The average Bonchev–Trinajstić information content (AvgIpc) is 2.78. The molecule has 2 amide bonds. The predicted octanol–water partition coefficient (Wildman–Crippen LogP) is 4.31. The molecule has 1 atom stereocenters. The van der Waals surface area contributed by atoms with Gasteiger partial charge in [-0.25, -0.2) is 8.42 Å². The minimum absolute atomic E-state index is 0.0119. The second kappa shape index (κ2) is 12.0. The van der Waals surface area contributed by atoms with Gasteiger partial charge in [-0.15, -0.1) is 0 Å². The van der Waals surface area contributed by atoms with Gasteiger partial charge in [0.15, 0.2) is 0 Å². The van der Waals surface area contributed by atoms with Gasteiger partial charge in [-0.1, -0.05) is 55.8 Å². The van der Waals surface area contributed by atoms with E-state index < -0.39 is 51.2 Å². The molecule has 2 aromatic rings. The number of nitrogens with zero attached hydrogens (tertiary/aromatic N) is 2. The number of anilines is 1. The summed E-state index contributed by atoms with van der Waals surface area (Å²) in [7, 11) is -4.19. The van der Waals surface area contributed by atoms with Crippen LogP contribution in [0, 0.1) is 5.92 Å². The van der Waals surface area contributed by atoms with Crippen molar-refractivity contribution in [2.75, 3.05) is 23.7 Å². The molecule has 0 saturated carbocycles. The molecule has 0 radical (unpaired) electrons. The molecule has 1 N–H and O–H groups in total. The van der Waals surface area contributed by atoms with Gasteiger partial charge in [0.25, 0.3) is 0 Å². The van der Waals surface area contributed by atoms with Crippen LogP contribution in [0.15, 0.2) is 48.5 Å². The molecule has 198 valence electrons. The Hall–Kier alpha value is -2.79. The fourth-order valence-corrected chi connectivity index (χ4v) is 4.38. The Morgan fingerprint density at radius 1 is 1.06 bits per heavy atom. The first-order valence-corrected chi connectivity index (χ1v) is 13.3. The molecule has 0 heterocycles. The highest BCUT2D eigenvalue weighted by Crippen LogP contribution is 2.37. The van der Waals surface area contributed by atoms with Gasteiger partial charge in [-0.2, -0.15) is 13.2 Å². The van der Waals surface area contributed by atoms with Crippen LogP contribution in [0.2, 0.25) is 5.02 Å². The van der Waals surface area contributed by atoms with Crippen molar-refractivity contribution < 1.29 is 31.2 Å². The van der Waals surface area contributed by atoms with Crippen molar-refractivity contribution in [2.24, 2.45) is 5.92 Å². The van der Waals surface area contributed by atoms with E-state index in [9.17, 15) is 31.2 Å². The molecule has 0 saturated heterocycles. The molecule has 0 spiro atoms. The smallest absolute Gasteiger partial charge is 0.354 e. The van der Waals surface area contributed by atoms with Crippen LogP contribution in [0.1, 0.15) is 31.9 Å². The number of nitrogens with one attached hydrogen (secondary N) is 1. The number of rotatable bonds is 10. The second-order valence-electron chi connectivity index (χ2n) is 8.75. The van der Waals surface area contributed by atoms with Crippen molar-refractivity contribution in [3.05, 3.63) is 64.7 Å². The Labute approximate surface area is 214 Å². The lowest BCUT2D eigenvalue weighted by atomic mass is 10.1. The third-order valence-corrected chi connectivity index (χ3v) is 6.74. The Balaban J connectivity index is 2.43. The van der Waals surface area contributed by atoms with Gasteiger partial charge in [-0.05, 0) is 36.6 Å². The summed E-state index contributed by atoms with van der Waals surface area (Å²) in [6.45, 7) is 4.86. The molecule has 7 nitrogen and oxygen atoms in total. The molecule has 0 unspecified atom stereocenters. The number of carbonyl (C=O) groups is 2. The van der Waals surface area contributed by atoms with Crippen LogP contribution in [0.5, 0.6) is 0 Å². The fourth-order valence-electron chi connectivity index (χ4n) is 3.31. The topological polar surface area (TPSA) is 86.8 Å². The molecule has 0 fully saturated rings. The van der Waals surface area contributed by atoms with E-state index in [0.717, 1.165) is 18.4 Å². The van der Waals surface area contributed by atoms with Crippen molar-refractivity contribution in [2.45, 2.75) is 39.5 Å². The summed E-state index contributed by atoms with van der Waals surface area (Å²) in [5, 5.41) is 2.14. The second-order valence-corrected chi connectivity index (χ2v) is 11.1. The molecule has 2 aromatic carbocycles. The maximum Gasteiger partial charge on any atom is 0.417 e. The summed E-state index contributed by atoms with van der Waals surface area (Å²) in [4.78, 5) is 27.4. The standard InChI is InChI=1S/C24H29ClF3N3O4S/c1-16(2)13-29-23(33)17(3)30(14-18-8-6-5-7-9-18)22(32)15-31(36(4,34)35)19-10-11-21(25)20(12-19)24(26,27)28/h5-12,16-17H,13-15H2,1-4H3,(H,29,33)/t17-/m0/s1. The SMILES string of the molecule is CC(C)CNC(=O)[C@H](C)N(Cc1ccccc1)C(=O)CN(c1ccc(Cl)c(C(F)(F)F)c1)S(C)(=O)=O. The Bertz CT molecular complexity index is 1170. The van der Waals surface area contributed by atoms with E-state index in [1.165, 1.54) is 11.8 Å². The Morgan fingerprint density at radius 3 is 2.19 bits per heavy atom. The first kappa shape index (κ1) is 29.4. The highest BCUT2D eigenvalue weighted by atomic mass is 35.5. The molecule has 0 aliphatic carbocycles. The lowest BCUT2D eigenvalue weighted by molar-refractivity contribution is -0.139. The zero-order valence-electron chi connectivity index (χ0n) is 20.3. The number of hydrogen-bond donors (Lipinski definition) is 1. The summed E-state index contributed by atoms with van der Waals surface area (Å²) < 4.78 is 65.8. The number of sulfonamides is 1. The first-order valence-electron chi connectivity index (χ1n) is 11.1. The normalized spacial score (nSPS) is 12.8. The van der Waals surface area contributed by atoms with Crippen molar-refractivity contribution in [1.29, 1.82) is 0 Å². The summed E-state index contributed by atoms with van der Waals surface area (Å²) in [5.41, 5.74) is -0.921. The zero-order valence-corrected chi connectivity index (χ0v) is 21.9. The van der Waals surface area contributed by atoms with E-state index in [1.807, 2.05) is 13.8 Å². The number of hydrogen-bond acceptors (Lipinski definition) is 4. The van der Waals surface area contributed by atoms with E-state index in [1.54, 1.807) is 30.3 Å². The molecule has 0 bridgehead atoms. The molecule has 0 aromatic heterocycles. The van der Waals surface area contributed by atoms with Gasteiger partial charge in [0, 0.05) is 13.1 Å². The monoisotopic (exact) mass is 547 g/mol. The summed E-state index contributed by atoms with van der Waals surface area (Å²) in [5.74, 6) is -1.04. The van der Waals surface area contributed by atoms with Gasteiger partial charge < -0.3 is 10.2 Å². The number of carbonyl (C=O) groups excluding carboxylic acids is 2. The van der Waals surface area contributed by atoms with Crippen LogP contribution in [-0.2, 0) is 32.3 Å². The number of amides is 2. The van der Waals surface area contributed by atoms with Crippen LogP contribution >= 0.6 is 11.6 Å². The number of halogens is 4. The van der Waals surface area contributed by atoms with E-state index in [2.05, 4.69) is 5.32 Å². The minimum Gasteiger partial charge on any atom is -0.354 e. The Morgan fingerprint density at radius 2 is 1.67 bits per heavy atom. The molecular weight excluding hydrogens is 519 g/mol. The maximum absolute atomic E-state index is 13.4. The van der Waals surface area contributed by atoms with Gasteiger partial charge >= 0.3 is 6.18 Å². The molecule has 36 heavy (non-hydrogen) atoms. The molecular formula is C24H29ClF3N3O4S. The van der Waals surface area contributed by atoms with Crippen molar-refractivity contribution in [1.82, 2.24) is 10.2 Å². The van der Waals surface area contributed by atoms with Crippen molar-refractivity contribution in [3.8, 4) is 0 Å². The van der Waals surface area contributed by atoms with E-state index in [4.69, 9.17) is 11.6 Å². The molecule has 2 rings (SSSR count). The Kier molecular flexibility index (Phi) is 9.78. The highest BCUT2D eigenvalue weighted by Gasteiger charge is 2.35. The maximum atomic E-state index is 13.4. The summed E-state index contributed by atoms with van der Waals surface area (Å²) >= 11 is 5.67. The summed E-state index contributed by atoms with van der Waals surface area (Å²) in [6.07, 6.45) is -4.05. The van der Waals surface area contributed by atoms with E-state index in [-0.39, 0.29) is 18.2 Å². The largest absolute Gasteiger partial charge is 0.417 e. The van der Waals surface area contributed by atoms with Crippen LogP contribution in [0.3, 0.4) is 0 Å². The van der Waals surface area contributed by atoms with Gasteiger partial charge in [0.05, 0.1) is 22.5 Å². The molecule has 0 aliphatic heterocycles. The van der Waals surface area contributed by atoms with E-state index in [0.29, 0.717) is 22.5 Å². The van der Waals surface area contributed by atoms with Crippen molar-refractivity contribution in [3.63, 3.8) is 0 Å². The van der Waals surface area contributed by atoms with Crippen molar-refractivity contribution >= 4 is 39.1 Å². The molecule has 0 aliphatic rings. The number of alkyl halides is 3. The van der Waals surface area contributed by atoms with Crippen LogP contribution in [0.4, 0.5) is 18.9 Å². The van der Waals surface area contributed by atoms with Gasteiger partial charge in [0.1, 0.15) is 12.6 Å². The average molecular weight is 548 g/mol. The third-order valence-electron chi connectivity index (χ3n) is 5.27. The third kappa shape index (κ3) is 8.12. The predicted molar refractivity (Wildman–Crippen MR) is 133 cm³/mol. The highest BCUT2D eigenvalue weighted by molar-refractivity contribution is 7.92. The fraction of sp³-hybridized carbons (Fsp3) is 0.417. The number of benzene rings is 2. The van der Waals surface area contributed by atoms with Gasteiger partial charge in [-0.3, -0.25) is 13.9 Å². The summed E-state index contributed by atoms with van der Waals surface area (Å²) in [6, 6.07) is 10.4. The van der Waals surface area contributed by atoms with E-state index >= 15 is 0 Å². The quantitative estimate of drug-likeness (QED) is 0.480. The zero-order chi connectivity index (χ0) is 27.3.